The zero-order valence-corrected chi connectivity index (χ0v) is 14.2. The van der Waals surface area contributed by atoms with Crippen molar-refractivity contribution in [1.29, 1.82) is 5.26 Å². The van der Waals surface area contributed by atoms with E-state index in [1.165, 1.54) is 11.1 Å². The number of hydrogen-bond donors (Lipinski definition) is 1. The lowest BCUT2D eigenvalue weighted by molar-refractivity contribution is 0.749. The summed E-state index contributed by atoms with van der Waals surface area (Å²) in [4.78, 5) is 0. The highest BCUT2D eigenvalue weighted by Crippen LogP contribution is 2.23. The first-order valence-electron chi connectivity index (χ1n) is 7.75. The van der Waals surface area contributed by atoms with Crippen LogP contribution in [0.1, 0.15) is 28.1 Å². The lowest BCUT2D eigenvalue weighted by atomic mass is 10.1. The minimum Gasteiger partial charge on any atom is -0.397 e. The Morgan fingerprint density at radius 2 is 1.67 bits per heavy atom. The van der Waals surface area contributed by atoms with E-state index in [0.717, 1.165) is 11.3 Å². The second kappa shape index (κ2) is 6.82. The predicted octanol–water partition coefficient (Wildman–Crippen LogP) is 4.54. The molecule has 0 atom stereocenters. The summed E-state index contributed by atoms with van der Waals surface area (Å²) in [5.74, 6) is 0. The van der Waals surface area contributed by atoms with Gasteiger partial charge in [-0.3, -0.25) is 0 Å². The summed E-state index contributed by atoms with van der Waals surface area (Å²) in [6, 6.07) is 20.0. The Labute approximate surface area is 146 Å². The van der Waals surface area contributed by atoms with E-state index < -0.39 is 0 Å². The van der Waals surface area contributed by atoms with Gasteiger partial charge in [-0.05, 0) is 36.2 Å². The lowest BCUT2D eigenvalue weighted by Gasteiger charge is -2.12. The highest BCUT2D eigenvalue weighted by Gasteiger charge is 2.14. The molecule has 0 fully saturated rings. The third-order valence-corrected chi connectivity index (χ3v) is 4.35. The zero-order chi connectivity index (χ0) is 17.1. The molecule has 1 aromatic heterocycles. The molecule has 0 bridgehead atoms. The number of nitriles is 1. The van der Waals surface area contributed by atoms with Crippen LogP contribution in [0.15, 0.2) is 54.6 Å². The maximum absolute atomic E-state index is 9.43. The predicted molar refractivity (Wildman–Crippen MR) is 98.1 cm³/mol. The van der Waals surface area contributed by atoms with Gasteiger partial charge in [-0.25, -0.2) is 0 Å². The lowest BCUT2D eigenvalue weighted by Crippen LogP contribution is -2.08. The number of hydrogen-bond acceptors (Lipinski definition) is 2. The Balaban J connectivity index is 1.96. The van der Waals surface area contributed by atoms with Crippen molar-refractivity contribution in [3.63, 3.8) is 0 Å². The second-order valence-electron chi connectivity index (χ2n) is 5.92. The number of benzene rings is 2. The molecule has 0 saturated heterocycles. The fraction of sp³-hybridized carbons (Fsp3) is 0.150. The van der Waals surface area contributed by atoms with E-state index in [9.17, 15) is 5.26 Å². The first kappa shape index (κ1) is 16.2. The van der Waals surface area contributed by atoms with Gasteiger partial charge in [-0.2, -0.15) is 5.26 Å². The van der Waals surface area contributed by atoms with Gasteiger partial charge >= 0.3 is 0 Å². The summed E-state index contributed by atoms with van der Waals surface area (Å²) in [7, 11) is 0. The van der Waals surface area contributed by atoms with Crippen molar-refractivity contribution in [3.05, 3.63) is 87.7 Å². The van der Waals surface area contributed by atoms with Gasteiger partial charge in [-0.1, -0.05) is 53.6 Å². The van der Waals surface area contributed by atoms with E-state index in [1.54, 1.807) is 6.07 Å². The Bertz CT molecular complexity index is 884. The summed E-state index contributed by atoms with van der Waals surface area (Å²) in [5, 5.41) is 10.1. The van der Waals surface area contributed by atoms with Gasteiger partial charge < -0.3 is 10.3 Å². The molecule has 0 aliphatic heterocycles. The van der Waals surface area contributed by atoms with E-state index in [1.807, 2.05) is 28.8 Å². The molecule has 4 heteroatoms. The number of nitrogens with zero attached hydrogens (tertiary/aromatic N) is 2. The van der Waals surface area contributed by atoms with Crippen molar-refractivity contribution in [3.8, 4) is 6.07 Å². The standard InChI is InChI=1S/C20H18ClN3/c1-14-2-4-15(5-3-14)10-20-19(23)11-18(12-22)24(20)13-16-6-8-17(21)9-7-16/h2-9,11H,10,13,23H2,1H3. The highest BCUT2D eigenvalue weighted by molar-refractivity contribution is 6.30. The summed E-state index contributed by atoms with van der Waals surface area (Å²) in [6.45, 7) is 2.66. The third kappa shape index (κ3) is 3.45. The van der Waals surface area contributed by atoms with Gasteiger partial charge in [0.2, 0.25) is 0 Å². The van der Waals surface area contributed by atoms with Crippen LogP contribution in [-0.4, -0.2) is 4.57 Å². The Kier molecular flexibility index (Phi) is 4.59. The molecular formula is C20H18ClN3. The van der Waals surface area contributed by atoms with Crippen LogP contribution >= 0.6 is 11.6 Å². The van der Waals surface area contributed by atoms with Crippen LogP contribution in [-0.2, 0) is 13.0 Å². The van der Waals surface area contributed by atoms with Crippen molar-refractivity contribution >= 4 is 17.3 Å². The van der Waals surface area contributed by atoms with Gasteiger partial charge in [0.15, 0.2) is 0 Å². The molecule has 0 aliphatic rings. The van der Waals surface area contributed by atoms with Crippen molar-refractivity contribution in [2.24, 2.45) is 0 Å². The molecule has 0 aliphatic carbocycles. The van der Waals surface area contributed by atoms with Gasteiger partial charge in [0.05, 0.1) is 5.69 Å². The summed E-state index contributed by atoms with van der Waals surface area (Å²) in [6.07, 6.45) is 0.696. The molecule has 3 nitrogen and oxygen atoms in total. The number of anilines is 1. The molecule has 0 unspecified atom stereocenters. The van der Waals surface area contributed by atoms with E-state index in [-0.39, 0.29) is 0 Å². The fourth-order valence-electron chi connectivity index (χ4n) is 2.75. The molecule has 3 rings (SSSR count). The van der Waals surface area contributed by atoms with Crippen LogP contribution in [0.3, 0.4) is 0 Å². The molecule has 24 heavy (non-hydrogen) atoms. The largest absolute Gasteiger partial charge is 0.397 e. The fourth-order valence-corrected chi connectivity index (χ4v) is 2.88. The molecule has 1 heterocycles. The number of rotatable bonds is 4. The highest BCUT2D eigenvalue weighted by atomic mass is 35.5. The van der Waals surface area contributed by atoms with Crippen LogP contribution in [0.4, 0.5) is 5.69 Å². The van der Waals surface area contributed by atoms with Crippen LogP contribution < -0.4 is 5.73 Å². The Morgan fingerprint density at radius 1 is 1.04 bits per heavy atom. The van der Waals surface area contributed by atoms with Crippen molar-refractivity contribution in [2.75, 3.05) is 5.73 Å². The number of aryl methyl sites for hydroxylation is 1. The SMILES string of the molecule is Cc1ccc(Cc2c(N)cc(C#N)n2Cc2ccc(Cl)cc2)cc1. The summed E-state index contributed by atoms with van der Waals surface area (Å²) < 4.78 is 1.98. The normalized spacial score (nSPS) is 10.5. The van der Waals surface area contributed by atoms with Gasteiger partial charge in [0.1, 0.15) is 11.8 Å². The molecule has 2 N–H and O–H groups in total. The van der Waals surface area contributed by atoms with Crippen LogP contribution in [0.5, 0.6) is 0 Å². The molecule has 0 spiro atoms. The first-order chi connectivity index (χ1) is 11.6. The maximum Gasteiger partial charge on any atom is 0.122 e. The Hall–Kier alpha value is -2.70. The van der Waals surface area contributed by atoms with Gasteiger partial charge in [0.25, 0.3) is 0 Å². The second-order valence-corrected chi connectivity index (χ2v) is 6.35. The minimum absolute atomic E-state index is 0.574. The average Bonchev–Trinajstić information content (AvgIpc) is 2.87. The van der Waals surface area contributed by atoms with Gasteiger partial charge in [-0.15, -0.1) is 0 Å². The quantitative estimate of drug-likeness (QED) is 0.760. The average molecular weight is 336 g/mol. The minimum atomic E-state index is 0.574. The van der Waals surface area contributed by atoms with E-state index >= 15 is 0 Å². The molecule has 0 saturated carbocycles. The third-order valence-electron chi connectivity index (χ3n) is 4.10. The molecule has 120 valence electrons. The maximum atomic E-state index is 9.43. The number of aromatic nitrogens is 1. The summed E-state index contributed by atoms with van der Waals surface area (Å²) >= 11 is 5.95. The number of nitrogens with two attached hydrogens (primary N) is 1. The molecule has 3 aromatic rings. The first-order valence-corrected chi connectivity index (χ1v) is 8.12. The Morgan fingerprint density at radius 3 is 2.29 bits per heavy atom. The van der Waals surface area contributed by atoms with Crippen molar-refractivity contribution < 1.29 is 0 Å². The molecule has 2 aromatic carbocycles. The summed E-state index contributed by atoms with van der Waals surface area (Å²) in [5.41, 5.74) is 11.8. The van der Waals surface area contributed by atoms with Crippen LogP contribution in [0.2, 0.25) is 5.02 Å². The van der Waals surface area contributed by atoms with E-state index in [4.69, 9.17) is 17.3 Å². The number of nitrogen functional groups attached to an aromatic ring is 1. The smallest absolute Gasteiger partial charge is 0.122 e. The van der Waals surface area contributed by atoms with E-state index in [2.05, 4.69) is 37.3 Å². The van der Waals surface area contributed by atoms with Crippen LogP contribution in [0, 0.1) is 18.3 Å². The van der Waals surface area contributed by atoms with Crippen molar-refractivity contribution in [1.82, 2.24) is 4.57 Å². The topological polar surface area (TPSA) is 54.7 Å². The van der Waals surface area contributed by atoms with Crippen LogP contribution in [0.25, 0.3) is 0 Å². The van der Waals surface area contributed by atoms with Gasteiger partial charge in [0, 0.05) is 23.7 Å². The monoisotopic (exact) mass is 335 g/mol. The van der Waals surface area contributed by atoms with E-state index in [0.29, 0.717) is 29.4 Å². The molecular weight excluding hydrogens is 318 g/mol. The number of halogens is 1. The molecule has 0 radical (unpaired) electrons. The van der Waals surface area contributed by atoms with Crippen molar-refractivity contribution in [2.45, 2.75) is 19.9 Å². The zero-order valence-electron chi connectivity index (χ0n) is 13.5. The molecule has 0 amide bonds.